The molecule has 2 nitrogen and oxygen atoms in total. The number of nitrogens with zero attached hydrogens (tertiary/aromatic N) is 1. The van der Waals surface area contributed by atoms with Crippen LogP contribution in [0.5, 0.6) is 0 Å². The van der Waals surface area contributed by atoms with Crippen molar-refractivity contribution in [3.63, 3.8) is 0 Å². The Kier molecular flexibility index (Phi) is 5.30. The molecule has 0 amide bonds. The molecular weight excluding hydrogens is 400 g/mol. The molecule has 1 N–H and O–H groups in total. The molecule has 0 saturated heterocycles. The lowest BCUT2D eigenvalue weighted by atomic mass is 9.88. The number of hydrogen-bond acceptors (Lipinski definition) is 2. The first-order chi connectivity index (χ1) is 11.0. The Hall–Kier alpha value is -1.72. The molecule has 25 heavy (non-hydrogen) atoms. The van der Waals surface area contributed by atoms with Crippen molar-refractivity contribution in [1.82, 2.24) is 0 Å². The van der Waals surface area contributed by atoms with Crippen LogP contribution in [0.25, 0.3) is 0 Å². The van der Waals surface area contributed by atoms with E-state index in [0.29, 0.717) is 6.92 Å². The molecule has 1 aromatic carbocycles. The van der Waals surface area contributed by atoms with E-state index in [1.165, 1.54) is 0 Å². The number of rotatable bonds is 2. The molecule has 0 aliphatic heterocycles. The average molecular weight is 406 g/mol. The fourth-order valence-electron chi connectivity index (χ4n) is 2.02. The molecule has 0 saturated carbocycles. The lowest BCUT2D eigenvalue weighted by Gasteiger charge is -2.31. The molecule has 0 radical (unpaired) electrons. The third-order valence-electron chi connectivity index (χ3n) is 3.11. The second kappa shape index (κ2) is 6.22. The summed E-state index contributed by atoms with van der Waals surface area (Å²) >= 11 is 5.22. The van der Waals surface area contributed by atoms with Gasteiger partial charge in [0, 0.05) is 11.1 Å². The third-order valence-corrected chi connectivity index (χ3v) is 3.38. The number of benzene rings is 1. The highest BCUT2D eigenvalue weighted by Crippen LogP contribution is 2.54. The molecule has 142 valence electrons. The molecule has 0 aliphatic rings. The molecule has 0 aliphatic carbocycles. The number of hydrogen-bond donors (Lipinski definition) is 1. The van der Waals surface area contributed by atoms with Crippen LogP contribution in [-0.4, -0.2) is 22.7 Å². The summed E-state index contributed by atoms with van der Waals surface area (Å²) in [6.07, 6.45) is -18.7. The zero-order valence-corrected chi connectivity index (χ0v) is 12.5. The quantitative estimate of drug-likeness (QED) is 0.292. The smallest absolute Gasteiger partial charge is 0.410 e. The minimum Gasteiger partial charge on any atom is -0.410 e. The predicted molar refractivity (Wildman–Crippen MR) is 65.3 cm³/mol. The molecule has 0 atom stereocenters. The zero-order valence-electron chi connectivity index (χ0n) is 11.7. The summed E-state index contributed by atoms with van der Waals surface area (Å²) in [5, 5.41) is 9.42. The lowest BCUT2D eigenvalue weighted by Crippen LogP contribution is -2.50. The summed E-state index contributed by atoms with van der Waals surface area (Å²) in [6.45, 7) is 0.648. The Labute approximate surface area is 137 Å². The highest BCUT2D eigenvalue weighted by atomic mass is 35.5. The molecule has 1 rings (SSSR count). The Bertz CT molecular complexity index is 675. The first-order valence-corrected chi connectivity index (χ1v) is 6.29. The summed E-state index contributed by atoms with van der Waals surface area (Å²) in [5.41, 5.74) is -12.6. The van der Waals surface area contributed by atoms with E-state index in [2.05, 4.69) is 5.16 Å². The fourth-order valence-corrected chi connectivity index (χ4v) is 2.27. The van der Waals surface area contributed by atoms with Gasteiger partial charge in [-0.05, 0) is 18.6 Å². The second-order valence-corrected chi connectivity index (χ2v) is 5.12. The number of oxime groups is 1. The van der Waals surface area contributed by atoms with Crippen LogP contribution in [0, 0.1) is 6.92 Å². The van der Waals surface area contributed by atoms with Crippen LogP contribution in [0.1, 0.15) is 22.3 Å². The second-order valence-electron chi connectivity index (χ2n) is 4.76. The largest absolute Gasteiger partial charge is 0.435 e. The molecule has 0 aromatic heterocycles. The van der Waals surface area contributed by atoms with Crippen molar-refractivity contribution in [3.05, 3.63) is 34.4 Å². The van der Waals surface area contributed by atoms with Crippen LogP contribution in [0.2, 0.25) is 0 Å². The van der Waals surface area contributed by atoms with Crippen molar-refractivity contribution in [3.8, 4) is 0 Å². The van der Waals surface area contributed by atoms with Crippen molar-refractivity contribution in [2.75, 3.05) is 0 Å². The number of halogens is 11. The van der Waals surface area contributed by atoms with E-state index in [4.69, 9.17) is 16.8 Å². The Balaban J connectivity index is 3.95. The van der Waals surface area contributed by atoms with Gasteiger partial charge in [-0.1, -0.05) is 22.8 Å². The van der Waals surface area contributed by atoms with Gasteiger partial charge in [0.1, 0.15) is 0 Å². The van der Waals surface area contributed by atoms with Crippen LogP contribution in [-0.2, 0) is 11.8 Å². The summed E-state index contributed by atoms with van der Waals surface area (Å²) in [7, 11) is 0. The summed E-state index contributed by atoms with van der Waals surface area (Å²) in [4.78, 5) is 0. The van der Waals surface area contributed by atoms with Gasteiger partial charge in [-0.15, -0.1) is 0 Å². The Morgan fingerprint density at radius 3 is 1.68 bits per heavy atom. The van der Waals surface area contributed by atoms with Crippen LogP contribution in [0.4, 0.5) is 43.9 Å². The monoisotopic (exact) mass is 405 g/mol. The maximum atomic E-state index is 14.0. The number of alkyl halides is 10. The molecule has 0 heterocycles. The Morgan fingerprint density at radius 2 is 1.36 bits per heavy atom. The number of aryl methyl sites for hydroxylation is 1. The molecular formula is C12H6ClF10NO. The van der Waals surface area contributed by atoms with E-state index in [-0.39, 0.29) is 6.07 Å². The first-order valence-electron chi connectivity index (χ1n) is 5.91. The predicted octanol–water partition coefficient (Wildman–Crippen LogP) is 5.68. The van der Waals surface area contributed by atoms with Gasteiger partial charge in [-0.3, -0.25) is 0 Å². The van der Waals surface area contributed by atoms with E-state index in [1.807, 2.05) is 0 Å². The lowest BCUT2D eigenvalue weighted by molar-refractivity contribution is -0.348. The topological polar surface area (TPSA) is 32.6 Å². The molecule has 0 unspecified atom stereocenters. The molecule has 0 spiro atoms. The minimum absolute atomic E-state index is 0.0981. The summed E-state index contributed by atoms with van der Waals surface area (Å²) < 4.78 is 129. The van der Waals surface area contributed by atoms with Gasteiger partial charge in [-0.2, -0.15) is 39.5 Å². The maximum absolute atomic E-state index is 14.0. The SMILES string of the molecule is Cc1cc(C(F)(C(F)(F)F)C(F)(F)F)cc(C(F)(F)F)c1C(Cl)=NO. The maximum Gasteiger partial charge on any atom is 0.435 e. The van der Waals surface area contributed by atoms with Gasteiger partial charge >= 0.3 is 24.2 Å². The van der Waals surface area contributed by atoms with Crippen molar-refractivity contribution in [2.24, 2.45) is 5.16 Å². The average Bonchev–Trinajstić information content (AvgIpc) is 2.41. The molecule has 13 heteroatoms. The van der Waals surface area contributed by atoms with Crippen molar-refractivity contribution in [1.29, 1.82) is 0 Å². The van der Waals surface area contributed by atoms with Gasteiger partial charge in [0.25, 0.3) is 0 Å². The van der Waals surface area contributed by atoms with Crippen LogP contribution in [0.15, 0.2) is 17.3 Å². The summed E-state index contributed by atoms with van der Waals surface area (Å²) in [5.74, 6) is 0. The zero-order chi connectivity index (χ0) is 20.0. The Morgan fingerprint density at radius 1 is 0.920 bits per heavy atom. The van der Waals surface area contributed by atoms with Gasteiger partial charge in [0.2, 0.25) is 0 Å². The van der Waals surface area contributed by atoms with Crippen molar-refractivity contribution < 1.29 is 49.1 Å². The van der Waals surface area contributed by atoms with Crippen molar-refractivity contribution in [2.45, 2.75) is 31.1 Å². The first kappa shape index (κ1) is 21.3. The summed E-state index contributed by atoms with van der Waals surface area (Å²) in [6, 6.07) is -0.768. The van der Waals surface area contributed by atoms with Crippen LogP contribution >= 0.6 is 11.6 Å². The fraction of sp³-hybridized carbons (Fsp3) is 0.417. The van der Waals surface area contributed by atoms with Gasteiger partial charge < -0.3 is 5.21 Å². The van der Waals surface area contributed by atoms with Crippen LogP contribution in [0.3, 0.4) is 0 Å². The van der Waals surface area contributed by atoms with E-state index in [1.54, 1.807) is 0 Å². The van der Waals surface area contributed by atoms with Gasteiger partial charge in [-0.25, -0.2) is 4.39 Å². The molecule has 0 fully saturated rings. The normalized spacial score (nSPS) is 14.8. The molecule has 0 bridgehead atoms. The van der Waals surface area contributed by atoms with Gasteiger partial charge in [0.15, 0.2) is 5.17 Å². The van der Waals surface area contributed by atoms with E-state index < -0.39 is 57.7 Å². The van der Waals surface area contributed by atoms with E-state index in [9.17, 15) is 43.9 Å². The van der Waals surface area contributed by atoms with Gasteiger partial charge in [0.05, 0.1) is 5.56 Å². The standard InChI is InChI=1S/C12H6ClF10NO/c1-4-2-5(9(14,11(18,19)20)12(21,22)23)3-6(10(15,16)17)7(4)8(13)24-25/h2-3,25H,1H3. The van der Waals surface area contributed by atoms with E-state index in [0.717, 1.165) is 0 Å². The minimum atomic E-state index is -6.59. The van der Waals surface area contributed by atoms with E-state index >= 15 is 0 Å². The highest BCUT2D eigenvalue weighted by molar-refractivity contribution is 6.69. The van der Waals surface area contributed by atoms with Crippen molar-refractivity contribution >= 4 is 16.8 Å². The molecule has 1 aromatic rings. The highest BCUT2D eigenvalue weighted by Gasteiger charge is 2.73. The van der Waals surface area contributed by atoms with Crippen LogP contribution < -0.4 is 0 Å². The third kappa shape index (κ3) is 3.62.